The van der Waals surface area contributed by atoms with E-state index in [9.17, 15) is 0 Å². The minimum atomic E-state index is 0.599. The second-order valence-electron chi connectivity index (χ2n) is 4.28. The molecule has 2 N–H and O–H groups in total. The summed E-state index contributed by atoms with van der Waals surface area (Å²) in [6.45, 7) is 0.647. The molecule has 82 valence electrons. The number of hydrogen-bond acceptors (Lipinski definition) is 4. The van der Waals surface area contributed by atoms with Crippen molar-refractivity contribution in [1.29, 1.82) is 0 Å². The highest BCUT2D eigenvalue weighted by molar-refractivity contribution is 5.38. The number of aromatic nitrogens is 2. The predicted molar refractivity (Wildman–Crippen MR) is 61.1 cm³/mol. The third-order valence-corrected chi connectivity index (χ3v) is 2.58. The van der Waals surface area contributed by atoms with E-state index in [4.69, 9.17) is 5.73 Å². The monoisotopic (exact) mass is 206 g/mol. The Morgan fingerprint density at radius 3 is 2.67 bits per heavy atom. The highest BCUT2D eigenvalue weighted by Crippen LogP contribution is 2.38. The SMILES string of the molecule is CN(C)c1cc(CCN)nc(C2CC2)n1. The molecular formula is C11H18N4. The van der Waals surface area contributed by atoms with E-state index in [1.807, 2.05) is 25.1 Å². The summed E-state index contributed by atoms with van der Waals surface area (Å²) in [6, 6.07) is 2.03. The Kier molecular flexibility index (Phi) is 2.86. The van der Waals surface area contributed by atoms with Gasteiger partial charge < -0.3 is 10.6 Å². The van der Waals surface area contributed by atoms with Crippen LogP contribution >= 0.6 is 0 Å². The second kappa shape index (κ2) is 4.14. The Balaban J connectivity index is 2.30. The van der Waals surface area contributed by atoms with E-state index in [1.165, 1.54) is 12.8 Å². The minimum absolute atomic E-state index is 0.599. The fourth-order valence-electron chi connectivity index (χ4n) is 1.53. The molecule has 0 radical (unpaired) electrons. The van der Waals surface area contributed by atoms with Gasteiger partial charge in [0, 0.05) is 38.2 Å². The summed E-state index contributed by atoms with van der Waals surface area (Å²) in [4.78, 5) is 11.1. The first-order valence-corrected chi connectivity index (χ1v) is 5.46. The van der Waals surface area contributed by atoms with Crippen LogP contribution < -0.4 is 10.6 Å². The smallest absolute Gasteiger partial charge is 0.134 e. The zero-order chi connectivity index (χ0) is 10.8. The zero-order valence-electron chi connectivity index (χ0n) is 9.40. The Hall–Kier alpha value is -1.16. The van der Waals surface area contributed by atoms with Crippen molar-refractivity contribution in [3.63, 3.8) is 0 Å². The van der Waals surface area contributed by atoms with Crippen LogP contribution in [0, 0.1) is 0 Å². The molecule has 1 fully saturated rings. The van der Waals surface area contributed by atoms with Gasteiger partial charge in [0.15, 0.2) is 0 Å². The summed E-state index contributed by atoms with van der Waals surface area (Å²) in [5.74, 6) is 2.60. The van der Waals surface area contributed by atoms with Crippen molar-refractivity contribution < 1.29 is 0 Å². The minimum Gasteiger partial charge on any atom is -0.363 e. The molecule has 0 unspecified atom stereocenters. The molecule has 1 saturated carbocycles. The molecule has 1 aliphatic rings. The van der Waals surface area contributed by atoms with Crippen molar-refractivity contribution in [2.24, 2.45) is 5.73 Å². The largest absolute Gasteiger partial charge is 0.363 e. The molecule has 15 heavy (non-hydrogen) atoms. The molecule has 0 aromatic carbocycles. The van der Waals surface area contributed by atoms with Gasteiger partial charge in [-0.1, -0.05) is 0 Å². The summed E-state index contributed by atoms with van der Waals surface area (Å²) in [5, 5.41) is 0. The average Bonchev–Trinajstić information content (AvgIpc) is 3.01. The Morgan fingerprint density at radius 2 is 2.13 bits per heavy atom. The summed E-state index contributed by atoms with van der Waals surface area (Å²) >= 11 is 0. The summed E-state index contributed by atoms with van der Waals surface area (Å²) in [5.41, 5.74) is 6.62. The van der Waals surface area contributed by atoms with E-state index in [1.54, 1.807) is 0 Å². The highest BCUT2D eigenvalue weighted by atomic mass is 15.2. The van der Waals surface area contributed by atoms with Crippen LogP contribution in [-0.2, 0) is 6.42 Å². The zero-order valence-corrected chi connectivity index (χ0v) is 9.40. The van der Waals surface area contributed by atoms with Gasteiger partial charge in [0.1, 0.15) is 11.6 Å². The van der Waals surface area contributed by atoms with Gasteiger partial charge in [-0.25, -0.2) is 9.97 Å². The van der Waals surface area contributed by atoms with E-state index < -0.39 is 0 Å². The van der Waals surface area contributed by atoms with Gasteiger partial charge >= 0.3 is 0 Å². The van der Waals surface area contributed by atoms with Crippen LogP contribution in [-0.4, -0.2) is 30.6 Å². The van der Waals surface area contributed by atoms with E-state index in [-0.39, 0.29) is 0 Å². The van der Waals surface area contributed by atoms with E-state index in [2.05, 4.69) is 9.97 Å². The van der Waals surface area contributed by atoms with Crippen molar-refractivity contribution in [2.75, 3.05) is 25.5 Å². The van der Waals surface area contributed by atoms with Crippen molar-refractivity contribution >= 4 is 5.82 Å². The third kappa shape index (κ3) is 2.45. The number of rotatable bonds is 4. The molecule has 4 nitrogen and oxygen atoms in total. The topological polar surface area (TPSA) is 55.0 Å². The summed E-state index contributed by atoms with van der Waals surface area (Å²) in [6.07, 6.45) is 3.31. The van der Waals surface area contributed by atoms with Crippen LogP contribution in [0.5, 0.6) is 0 Å². The van der Waals surface area contributed by atoms with E-state index >= 15 is 0 Å². The van der Waals surface area contributed by atoms with Crippen molar-refractivity contribution in [1.82, 2.24) is 9.97 Å². The molecule has 1 heterocycles. The standard InChI is InChI=1S/C11H18N4/c1-15(2)10-7-9(5-6-12)13-11(14-10)8-3-4-8/h7-8H,3-6,12H2,1-2H3. The molecule has 1 aliphatic carbocycles. The first kappa shape index (κ1) is 10.4. The second-order valence-corrected chi connectivity index (χ2v) is 4.28. The first-order valence-electron chi connectivity index (χ1n) is 5.46. The number of nitrogens with zero attached hydrogens (tertiary/aromatic N) is 3. The van der Waals surface area contributed by atoms with Gasteiger partial charge in [0.25, 0.3) is 0 Å². The molecule has 1 aromatic heterocycles. The maximum Gasteiger partial charge on any atom is 0.134 e. The first-order chi connectivity index (χ1) is 7.20. The molecule has 0 amide bonds. The molecule has 0 bridgehead atoms. The summed E-state index contributed by atoms with van der Waals surface area (Å²) < 4.78 is 0. The molecule has 0 atom stereocenters. The maximum atomic E-state index is 5.55. The lowest BCUT2D eigenvalue weighted by Gasteiger charge is -2.13. The van der Waals surface area contributed by atoms with Gasteiger partial charge in [0.2, 0.25) is 0 Å². The molecule has 4 heteroatoms. The fourth-order valence-corrected chi connectivity index (χ4v) is 1.53. The molecule has 0 aliphatic heterocycles. The predicted octanol–water partition coefficient (Wildman–Crippen LogP) is 0.921. The van der Waals surface area contributed by atoms with Gasteiger partial charge in [0.05, 0.1) is 0 Å². The van der Waals surface area contributed by atoms with Gasteiger partial charge in [-0.15, -0.1) is 0 Å². The number of nitrogens with two attached hydrogens (primary N) is 1. The third-order valence-electron chi connectivity index (χ3n) is 2.58. The fraction of sp³-hybridized carbons (Fsp3) is 0.636. The Bertz CT molecular complexity index is 324. The Labute approximate surface area is 90.5 Å². The molecule has 0 spiro atoms. The maximum absolute atomic E-state index is 5.55. The van der Waals surface area contributed by atoms with E-state index in [0.717, 1.165) is 23.8 Å². The van der Waals surface area contributed by atoms with Crippen LogP contribution in [0.4, 0.5) is 5.82 Å². The van der Waals surface area contributed by atoms with Crippen LogP contribution in [0.3, 0.4) is 0 Å². The van der Waals surface area contributed by atoms with Crippen LogP contribution in [0.25, 0.3) is 0 Å². The number of hydrogen-bond donors (Lipinski definition) is 1. The van der Waals surface area contributed by atoms with Crippen LogP contribution in [0.15, 0.2) is 6.07 Å². The molecule has 0 saturated heterocycles. The van der Waals surface area contributed by atoms with Crippen LogP contribution in [0.2, 0.25) is 0 Å². The van der Waals surface area contributed by atoms with Gasteiger partial charge in [-0.2, -0.15) is 0 Å². The highest BCUT2D eigenvalue weighted by Gasteiger charge is 2.27. The van der Waals surface area contributed by atoms with Gasteiger partial charge in [-0.3, -0.25) is 0 Å². The average molecular weight is 206 g/mol. The lowest BCUT2D eigenvalue weighted by Crippen LogP contribution is -2.14. The van der Waals surface area contributed by atoms with Crippen molar-refractivity contribution in [2.45, 2.75) is 25.2 Å². The normalized spacial score (nSPS) is 15.4. The number of anilines is 1. The lowest BCUT2D eigenvalue weighted by molar-refractivity contribution is 0.839. The Morgan fingerprint density at radius 1 is 1.40 bits per heavy atom. The van der Waals surface area contributed by atoms with Gasteiger partial charge in [-0.05, 0) is 19.4 Å². The van der Waals surface area contributed by atoms with Crippen molar-refractivity contribution in [3.05, 3.63) is 17.6 Å². The molecule has 2 rings (SSSR count). The lowest BCUT2D eigenvalue weighted by atomic mass is 10.2. The van der Waals surface area contributed by atoms with E-state index in [0.29, 0.717) is 12.5 Å². The molecular weight excluding hydrogens is 188 g/mol. The van der Waals surface area contributed by atoms with Crippen molar-refractivity contribution in [3.8, 4) is 0 Å². The molecule has 1 aromatic rings. The quantitative estimate of drug-likeness (QED) is 0.796. The van der Waals surface area contributed by atoms with Crippen LogP contribution in [0.1, 0.15) is 30.3 Å². The summed E-state index contributed by atoms with van der Waals surface area (Å²) in [7, 11) is 4.01.